The summed E-state index contributed by atoms with van der Waals surface area (Å²) in [6, 6.07) is 9.60. The molecule has 1 aromatic heterocycles. The van der Waals surface area contributed by atoms with E-state index in [1.807, 2.05) is 20.8 Å². The standard InChI is InChI=1S/C17H18ClNO4/c1-17(2,3)19-15(20)14(11-6-8-12(18)9-7-11)23-16(21)13-5-4-10-22-13/h4-10,14H,1-3H3,(H,19,20)/t14-/m1/s1. The van der Waals surface area contributed by atoms with Crippen LogP contribution in [0.15, 0.2) is 47.1 Å². The van der Waals surface area contributed by atoms with Crippen molar-refractivity contribution in [2.75, 3.05) is 0 Å². The summed E-state index contributed by atoms with van der Waals surface area (Å²) in [4.78, 5) is 24.6. The van der Waals surface area contributed by atoms with Gasteiger partial charge in [0.25, 0.3) is 5.91 Å². The predicted octanol–water partition coefficient (Wildman–Crippen LogP) is 3.75. The zero-order valence-corrected chi connectivity index (χ0v) is 13.9. The van der Waals surface area contributed by atoms with Crippen LogP contribution >= 0.6 is 11.6 Å². The Balaban J connectivity index is 2.25. The number of amides is 1. The second kappa shape index (κ2) is 6.87. The van der Waals surface area contributed by atoms with Crippen molar-refractivity contribution in [2.45, 2.75) is 32.4 Å². The first-order valence-corrected chi connectivity index (χ1v) is 7.46. The van der Waals surface area contributed by atoms with Crippen LogP contribution in [0.2, 0.25) is 5.02 Å². The number of benzene rings is 1. The predicted molar refractivity (Wildman–Crippen MR) is 86.2 cm³/mol. The quantitative estimate of drug-likeness (QED) is 0.864. The molecule has 0 saturated carbocycles. The molecule has 122 valence electrons. The monoisotopic (exact) mass is 335 g/mol. The maximum Gasteiger partial charge on any atom is 0.375 e. The van der Waals surface area contributed by atoms with Gasteiger partial charge in [0, 0.05) is 16.1 Å². The molecule has 0 fully saturated rings. The Morgan fingerprint density at radius 1 is 1.17 bits per heavy atom. The molecule has 6 heteroatoms. The Labute approximate surface area is 139 Å². The summed E-state index contributed by atoms with van der Waals surface area (Å²) in [5.74, 6) is -1.09. The largest absolute Gasteiger partial charge is 0.457 e. The Bertz CT molecular complexity index is 672. The number of halogens is 1. The van der Waals surface area contributed by atoms with E-state index in [1.165, 1.54) is 12.3 Å². The molecular weight excluding hydrogens is 318 g/mol. The summed E-state index contributed by atoms with van der Waals surface area (Å²) in [5, 5.41) is 3.33. The van der Waals surface area contributed by atoms with Gasteiger partial charge in [-0.2, -0.15) is 0 Å². The van der Waals surface area contributed by atoms with E-state index >= 15 is 0 Å². The lowest BCUT2D eigenvalue weighted by Gasteiger charge is -2.25. The lowest BCUT2D eigenvalue weighted by atomic mass is 10.1. The Hall–Kier alpha value is -2.27. The Morgan fingerprint density at radius 2 is 1.83 bits per heavy atom. The van der Waals surface area contributed by atoms with Gasteiger partial charge in [-0.05, 0) is 45.0 Å². The van der Waals surface area contributed by atoms with E-state index in [0.717, 1.165) is 0 Å². The maximum absolute atomic E-state index is 12.5. The molecule has 1 amide bonds. The van der Waals surface area contributed by atoms with Gasteiger partial charge < -0.3 is 14.5 Å². The van der Waals surface area contributed by atoms with Crippen molar-refractivity contribution in [1.82, 2.24) is 5.32 Å². The Kier molecular flexibility index (Phi) is 5.11. The van der Waals surface area contributed by atoms with E-state index in [0.29, 0.717) is 10.6 Å². The first-order chi connectivity index (χ1) is 10.8. The normalized spacial score (nSPS) is 12.5. The summed E-state index contributed by atoms with van der Waals surface area (Å²) < 4.78 is 10.3. The van der Waals surface area contributed by atoms with Crippen LogP contribution in [0.3, 0.4) is 0 Å². The lowest BCUT2D eigenvalue weighted by molar-refractivity contribution is -0.131. The van der Waals surface area contributed by atoms with Gasteiger partial charge in [-0.3, -0.25) is 4.79 Å². The van der Waals surface area contributed by atoms with Crippen molar-refractivity contribution < 1.29 is 18.7 Å². The van der Waals surface area contributed by atoms with Crippen LogP contribution in [0.1, 0.15) is 43.0 Å². The number of hydrogen-bond donors (Lipinski definition) is 1. The Morgan fingerprint density at radius 3 is 2.35 bits per heavy atom. The van der Waals surface area contributed by atoms with Crippen LogP contribution in [-0.4, -0.2) is 17.4 Å². The van der Waals surface area contributed by atoms with Gasteiger partial charge in [0.2, 0.25) is 11.9 Å². The van der Waals surface area contributed by atoms with E-state index in [9.17, 15) is 9.59 Å². The summed E-state index contributed by atoms with van der Waals surface area (Å²) in [6.45, 7) is 5.54. The number of esters is 1. The van der Waals surface area contributed by atoms with Crippen LogP contribution in [0.5, 0.6) is 0 Å². The number of carbonyl (C=O) groups excluding carboxylic acids is 2. The molecule has 2 aromatic rings. The minimum Gasteiger partial charge on any atom is -0.457 e. The molecule has 0 radical (unpaired) electrons. The van der Waals surface area contributed by atoms with Gasteiger partial charge in [-0.15, -0.1) is 0 Å². The van der Waals surface area contributed by atoms with Crippen molar-refractivity contribution in [3.63, 3.8) is 0 Å². The molecule has 0 saturated heterocycles. The second-order valence-electron chi connectivity index (χ2n) is 6.05. The molecule has 1 N–H and O–H groups in total. The van der Waals surface area contributed by atoms with Crippen molar-refractivity contribution in [2.24, 2.45) is 0 Å². The number of rotatable bonds is 4. The SMILES string of the molecule is CC(C)(C)NC(=O)[C@H](OC(=O)c1ccco1)c1ccc(Cl)cc1. The summed E-state index contributed by atoms with van der Waals surface area (Å²) in [6.07, 6.45) is 0.271. The molecular formula is C17H18ClNO4. The first-order valence-electron chi connectivity index (χ1n) is 7.08. The molecule has 1 heterocycles. The minimum absolute atomic E-state index is 0.0347. The summed E-state index contributed by atoms with van der Waals surface area (Å²) in [7, 11) is 0. The van der Waals surface area contributed by atoms with Gasteiger partial charge in [-0.1, -0.05) is 23.7 Å². The van der Waals surface area contributed by atoms with Gasteiger partial charge in [0.05, 0.1) is 6.26 Å². The lowest BCUT2D eigenvalue weighted by Crippen LogP contribution is -2.44. The number of furan rings is 1. The average molecular weight is 336 g/mol. The van der Waals surface area contributed by atoms with Gasteiger partial charge in [0.1, 0.15) is 0 Å². The third-order valence-electron chi connectivity index (χ3n) is 2.86. The zero-order chi connectivity index (χ0) is 17.0. The molecule has 0 aliphatic rings. The zero-order valence-electron chi connectivity index (χ0n) is 13.1. The number of hydrogen-bond acceptors (Lipinski definition) is 4. The van der Waals surface area contributed by atoms with E-state index in [-0.39, 0.29) is 5.76 Å². The van der Waals surface area contributed by atoms with Crippen molar-refractivity contribution in [3.05, 3.63) is 59.0 Å². The number of carbonyl (C=O) groups is 2. The van der Waals surface area contributed by atoms with Gasteiger partial charge in [-0.25, -0.2) is 4.79 Å². The van der Waals surface area contributed by atoms with Crippen LogP contribution < -0.4 is 5.32 Å². The molecule has 1 atom stereocenters. The fourth-order valence-corrected chi connectivity index (χ4v) is 2.03. The molecule has 5 nitrogen and oxygen atoms in total. The molecule has 0 unspecified atom stereocenters. The smallest absolute Gasteiger partial charge is 0.375 e. The van der Waals surface area contributed by atoms with Crippen LogP contribution in [-0.2, 0) is 9.53 Å². The molecule has 0 aliphatic heterocycles. The van der Waals surface area contributed by atoms with Gasteiger partial charge in [0.15, 0.2) is 0 Å². The number of nitrogens with one attached hydrogen (secondary N) is 1. The molecule has 2 rings (SSSR count). The summed E-state index contributed by atoms with van der Waals surface area (Å²) >= 11 is 5.87. The van der Waals surface area contributed by atoms with Crippen molar-refractivity contribution in [1.29, 1.82) is 0 Å². The topological polar surface area (TPSA) is 68.5 Å². The van der Waals surface area contributed by atoms with Crippen molar-refractivity contribution >= 4 is 23.5 Å². The van der Waals surface area contributed by atoms with E-state index in [1.54, 1.807) is 30.3 Å². The fourth-order valence-electron chi connectivity index (χ4n) is 1.91. The molecule has 0 bridgehead atoms. The molecule has 23 heavy (non-hydrogen) atoms. The molecule has 0 spiro atoms. The van der Waals surface area contributed by atoms with E-state index < -0.39 is 23.5 Å². The third-order valence-corrected chi connectivity index (χ3v) is 3.11. The fraction of sp³-hybridized carbons (Fsp3) is 0.294. The van der Waals surface area contributed by atoms with E-state index in [2.05, 4.69) is 5.32 Å². The highest BCUT2D eigenvalue weighted by molar-refractivity contribution is 6.30. The highest BCUT2D eigenvalue weighted by atomic mass is 35.5. The van der Waals surface area contributed by atoms with Gasteiger partial charge >= 0.3 is 5.97 Å². The molecule has 0 aliphatic carbocycles. The van der Waals surface area contributed by atoms with Crippen LogP contribution in [0.25, 0.3) is 0 Å². The third kappa shape index (κ3) is 4.86. The second-order valence-corrected chi connectivity index (χ2v) is 6.49. The number of ether oxygens (including phenoxy) is 1. The van der Waals surface area contributed by atoms with E-state index in [4.69, 9.17) is 20.8 Å². The maximum atomic E-state index is 12.5. The minimum atomic E-state index is -1.09. The average Bonchev–Trinajstić information content (AvgIpc) is 2.98. The highest BCUT2D eigenvalue weighted by Gasteiger charge is 2.29. The van der Waals surface area contributed by atoms with Crippen LogP contribution in [0, 0.1) is 0 Å². The highest BCUT2D eigenvalue weighted by Crippen LogP contribution is 2.23. The summed E-state index contributed by atoms with van der Waals surface area (Å²) in [5.41, 5.74) is 0.0647. The first kappa shape index (κ1) is 17.1. The van der Waals surface area contributed by atoms with Crippen molar-refractivity contribution in [3.8, 4) is 0 Å². The van der Waals surface area contributed by atoms with Crippen LogP contribution in [0.4, 0.5) is 0 Å². The molecule has 1 aromatic carbocycles.